The fourth-order valence-electron chi connectivity index (χ4n) is 2.66. The van der Waals surface area contributed by atoms with E-state index in [0.29, 0.717) is 0 Å². The summed E-state index contributed by atoms with van der Waals surface area (Å²) in [6.45, 7) is 0. The third kappa shape index (κ3) is 11.0. The minimum absolute atomic E-state index is 0.125. The van der Waals surface area contributed by atoms with Crippen molar-refractivity contribution in [2.24, 2.45) is 0 Å². The van der Waals surface area contributed by atoms with Crippen LogP contribution in [0.15, 0.2) is 78.9 Å². The van der Waals surface area contributed by atoms with Gasteiger partial charge in [-0.25, -0.2) is 0 Å². The average Bonchev–Trinajstić information content (AvgIpc) is 2.79. The highest BCUT2D eigenvalue weighted by Crippen LogP contribution is 2.34. The Hall–Kier alpha value is -2.86. The molecule has 0 radical (unpaired) electrons. The van der Waals surface area contributed by atoms with E-state index in [1.165, 1.54) is 21.2 Å². The number of alkyl halides is 6. The van der Waals surface area contributed by atoms with Crippen molar-refractivity contribution in [2.75, 3.05) is 28.2 Å². The van der Waals surface area contributed by atoms with Crippen molar-refractivity contribution < 1.29 is 46.2 Å². The minimum Gasteiger partial charge on any atom is -0.889 e. The van der Waals surface area contributed by atoms with Crippen LogP contribution in [-0.4, -0.2) is 35.3 Å². The second-order valence-corrected chi connectivity index (χ2v) is 7.90. The standard InChI is InChI=1S/C8H3BF6O2.2C8H11N/c10-7(11,12)4-1-5(8(13,14)15)3-6(2-4)9(16)17;2*1-9(2)8-6-4-3-5-7-8/h1-3H;2*3-7H,1-2H3/q-2;;/p+2. The van der Waals surface area contributed by atoms with Crippen LogP contribution in [0.25, 0.3) is 0 Å². The Morgan fingerprint density at radius 3 is 1.09 bits per heavy atom. The zero-order valence-electron chi connectivity index (χ0n) is 19.7. The Balaban J connectivity index is 0.000000286. The highest BCUT2D eigenvalue weighted by atomic mass is 19.4. The molecule has 0 bridgehead atoms. The summed E-state index contributed by atoms with van der Waals surface area (Å²) in [5, 5.41) is 20.8. The lowest BCUT2D eigenvalue weighted by molar-refractivity contribution is -0.786. The summed E-state index contributed by atoms with van der Waals surface area (Å²) in [6, 6.07) is 20.9. The van der Waals surface area contributed by atoms with E-state index in [0.717, 1.165) is 0 Å². The monoisotopic (exact) mass is 500 g/mol. The maximum atomic E-state index is 12.2. The molecular formula is C24H27BF6N2O2. The van der Waals surface area contributed by atoms with Crippen molar-refractivity contribution in [3.63, 3.8) is 0 Å². The SMILES string of the molecule is C[NH+](C)c1ccccc1.C[NH+](C)c1ccccc1.[O-]B([O-])c1cc(C(F)(F)F)cc(C(F)(F)F)c1. The second kappa shape index (κ2) is 13.3. The van der Waals surface area contributed by atoms with Gasteiger partial charge in [-0.05, 0) is 30.3 Å². The molecule has 3 rings (SSSR count). The van der Waals surface area contributed by atoms with Crippen LogP contribution in [0.5, 0.6) is 0 Å². The largest absolute Gasteiger partial charge is 0.889 e. The number of quaternary nitrogens is 2. The Bertz CT molecular complexity index is 936. The molecule has 35 heavy (non-hydrogen) atoms. The molecule has 2 N–H and O–H groups in total. The maximum absolute atomic E-state index is 12.2. The van der Waals surface area contributed by atoms with E-state index in [-0.39, 0.29) is 18.2 Å². The van der Waals surface area contributed by atoms with Gasteiger partial charge in [0.15, 0.2) is 0 Å². The van der Waals surface area contributed by atoms with Crippen LogP contribution in [0.3, 0.4) is 0 Å². The van der Waals surface area contributed by atoms with Gasteiger partial charge in [-0.1, -0.05) is 55.6 Å². The molecule has 190 valence electrons. The molecule has 0 fully saturated rings. The molecule has 0 spiro atoms. The lowest BCUT2D eigenvalue weighted by atomic mass is 9.78. The van der Waals surface area contributed by atoms with E-state index in [9.17, 15) is 36.4 Å². The Morgan fingerprint density at radius 1 is 0.571 bits per heavy atom. The van der Waals surface area contributed by atoms with Crippen LogP contribution < -0.4 is 25.3 Å². The summed E-state index contributed by atoms with van der Waals surface area (Å²) in [5.41, 5.74) is -1.76. The van der Waals surface area contributed by atoms with Gasteiger partial charge in [0.2, 0.25) is 0 Å². The first-order valence-electron chi connectivity index (χ1n) is 10.4. The lowest BCUT2D eigenvalue weighted by Crippen LogP contribution is -3.00. The van der Waals surface area contributed by atoms with Crippen LogP contribution in [-0.2, 0) is 12.4 Å². The summed E-state index contributed by atoms with van der Waals surface area (Å²) in [4.78, 5) is 2.74. The summed E-state index contributed by atoms with van der Waals surface area (Å²) in [6.07, 6.45) is -10.1. The molecule has 0 amide bonds. The van der Waals surface area contributed by atoms with Gasteiger partial charge in [0.1, 0.15) is 11.4 Å². The van der Waals surface area contributed by atoms with Gasteiger partial charge in [0.05, 0.1) is 39.3 Å². The molecule has 0 saturated heterocycles. The molecule has 0 atom stereocenters. The fourth-order valence-corrected chi connectivity index (χ4v) is 2.66. The number of para-hydroxylation sites is 2. The molecule has 4 nitrogen and oxygen atoms in total. The van der Waals surface area contributed by atoms with Crippen molar-refractivity contribution in [1.29, 1.82) is 0 Å². The molecule has 0 aromatic heterocycles. The first-order chi connectivity index (χ1) is 16.1. The second-order valence-electron chi connectivity index (χ2n) is 7.90. The molecule has 3 aromatic rings. The van der Waals surface area contributed by atoms with E-state index in [2.05, 4.69) is 76.7 Å². The van der Waals surface area contributed by atoms with Gasteiger partial charge in [-0.2, -0.15) is 26.3 Å². The Kier molecular flexibility index (Phi) is 11.5. The van der Waals surface area contributed by atoms with Crippen molar-refractivity contribution in [2.45, 2.75) is 12.4 Å². The molecule has 11 heteroatoms. The molecule has 0 unspecified atom stereocenters. The average molecular weight is 500 g/mol. The predicted octanol–water partition coefficient (Wildman–Crippen LogP) is 1.07. The minimum atomic E-state index is -5.05. The molecular weight excluding hydrogens is 473 g/mol. The van der Waals surface area contributed by atoms with Gasteiger partial charge >= 0.3 is 12.4 Å². The summed E-state index contributed by atoms with van der Waals surface area (Å²) in [5.74, 6) is 0. The number of rotatable bonds is 3. The van der Waals surface area contributed by atoms with Crippen LogP contribution in [0.4, 0.5) is 37.7 Å². The van der Waals surface area contributed by atoms with E-state index in [1.54, 1.807) is 0 Å². The van der Waals surface area contributed by atoms with Crippen LogP contribution >= 0.6 is 0 Å². The van der Waals surface area contributed by atoms with E-state index in [1.807, 2.05) is 12.1 Å². The number of benzene rings is 3. The molecule has 0 aliphatic heterocycles. The van der Waals surface area contributed by atoms with Gasteiger partial charge < -0.3 is 19.8 Å². The van der Waals surface area contributed by atoms with Gasteiger partial charge in [0.25, 0.3) is 0 Å². The molecule has 0 aliphatic rings. The highest BCUT2D eigenvalue weighted by molar-refractivity contribution is 6.55. The quantitative estimate of drug-likeness (QED) is 0.418. The van der Waals surface area contributed by atoms with Crippen molar-refractivity contribution >= 4 is 24.0 Å². The molecule has 3 aromatic carbocycles. The first kappa shape index (κ1) is 30.2. The Labute approximate surface area is 201 Å². The normalized spacial score (nSPS) is 11.4. The van der Waals surface area contributed by atoms with Crippen LogP contribution in [0.1, 0.15) is 11.1 Å². The van der Waals surface area contributed by atoms with Crippen LogP contribution in [0, 0.1) is 0 Å². The number of hydrogen-bond acceptors (Lipinski definition) is 2. The fraction of sp³-hybridized carbons (Fsp3) is 0.250. The summed E-state index contributed by atoms with van der Waals surface area (Å²) >= 11 is 0. The smallest absolute Gasteiger partial charge is 0.416 e. The van der Waals surface area contributed by atoms with Gasteiger partial charge in [-0.15, -0.1) is 5.46 Å². The lowest BCUT2D eigenvalue weighted by Gasteiger charge is -2.28. The number of hydrogen-bond donors (Lipinski definition) is 2. The first-order valence-corrected chi connectivity index (χ1v) is 10.4. The summed E-state index contributed by atoms with van der Waals surface area (Å²) < 4.78 is 73.4. The zero-order chi connectivity index (χ0) is 26.8. The van der Waals surface area contributed by atoms with E-state index < -0.39 is 36.1 Å². The molecule has 0 aliphatic carbocycles. The molecule has 0 saturated carbocycles. The van der Waals surface area contributed by atoms with E-state index >= 15 is 0 Å². The van der Waals surface area contributed by atoms with Gasteiger partial charge in [0, 0.05) is 0 Å². The third-order valence-corrected chi connectivity index (χ3v) is 4.58. The van der Waals surface area contributed by atoms with Crippen molar-refractivity contribution in [3.8, 4) is 0 Å². The van der Waals surface area contributed by atoms with Crippen LogP contribution in [0.2, 0.25) is 0 Å². The third-order valence-electron chi connectivity index (χ3n) is 4.58. The zero-order valence-corrected chi connectivity index (χ0v) is 19.7. The Morgan fingerprint density at radius 2 is 0.886 bits per heavy atom. The molecule has 0 heterocycles. The van der Waals surface area contributed by atoms with E-state index in [4.69, 9.17) is 0 Å². The van der Waals surface area contributed by atoms with Crippen molar-refractivity contribution in [1.82, 2.24) is 0 Å². The van der Waals surface area contributed by atoms with Gasteiger partial charge in [-0.3, -0.25) is 0 Å². The number of halogens is 6. The number of nitrogens with one attached hydrogen (secondary N) is 2. The summed E-state index contributed by atoms with van der Waals surface area (Å²) in [7, 11) is 5.58. The highest BCUT2D eigenvalue weighted by Gasteiger charge is 2.36. The van der Waals surface area contributed by atoms with Crippen molar-refractivity contribution in [3.05, 3.63) is 90.0 Å². The predicted molar refractivity (Wildman–Crippen MR) is 120 cm³/mol. The maximum Gasteiger partial charge on any atom is 0.416 e. The topological polar surface area (TPSA) is 55.0 Å².